The average molecular weight is 381 g/mol. The van der Waals surface area contributed by atoms with Crippen LogP contribution in [0.1, 0.15) is 11.3 Å². The second-order valence-corrected chi connectivity index (χ2v) is 7.61. The van der Waals surface area contributed by atoms with Gasteiger partial charge in [0.05, 0.1) is 21.3 Å². The largest absolute Gasteiger partial charge is 0.497 e. The number of anilines is 1. The molecule has 8 heteroatoms. The molecule has 26 heavy (non-hydrogen) atoms. The Morgan fingerprint density at radius 1 is 0.808 bits per heavy atom. The number of nitrogens with one attached hydrogen (secondary N) is 1. The van der Waals surface area contributed by atoms with E-state index in [0.717, 1.165) is 11.4 Å². The van der Waals surface area contributed by atoms with E-state index in [1.165, 1.54) is 21.3 Å². The summed E-state index contributed by atoms with van der Waals surface area (Å²) in [4.78, 5) is 0. The van der Waals surface area contributed by atoms with E-state index in [9.17, 15) is 4.57 Å². The standard InChI is InChI=1S/C18H24NO6P/c1-21-14-8-6-13(7-9-14)19-18(26(20,24-4)25-5)16-11-10-15(22-2)12-17(16)23-3/h6-12,18-19H,1-5H3. The van der Waals surface area contributed by atoms with Gasteiger partial charge in [0.15, 0.2) is 5.78 Å². The highest BCUT2D eigenvalue weighted by Crippen LogP contribution is 2.61. The smallest absolute Gasteiger partial charge is 0.356 e. The van der Waals surface area contributed by atoms with E-state index in [-0.39, 0.29) is 0 Å². The van der Waals surface area contributed by atoms with Crippen LogP contribution >= 0.6 is 7.60 Å². The molecule has 0 aliphatic heterocycles. The van der Waals surface area contributed by atoms with Crippen LogP contribution in [-0.2, 0) is 13.6 Å². The topological polar surface area (TPSA) is 75.2 Å². The van der Waals surface area contributed by atoms with Crippen molar-refractivity contribution in [1.82, 2.24) is 0 Å². The molecule has 0 aliphatic rings. The number of ether oxygens (including phenoxy) is 3. The average Bonchev–Trinajstić information content (AvgIpc) is 2.71. The third-order valence-corrected chi connectivity index (χ3v) is 6.01. The SMILES string of the molecule is COc1ccc(NC(c2ccc(OC)cc2OC)P(=O)(OC)OC)cc1. The van der Waals surface area contributed by atoms with Crippen molar-refractivity contribution in [1.29, 1.82) is 0 Å². The molecule has 2 aromatic carbocycles. The van der Waals surface area contributed by atoms with E-state index < -0.39 is 13.4 Å². The lowest BCUT2D eigenvalue weighted by Gasteiger charge is -2.27. The van der Waals surface area contributed by atoms with Gasteiger partial charge < -0.3 is 28.6 Å². The van der Waals surface area contributed by atoms with Gasteiger partial charge in [-0.2, -0.15) is 0 Å². The molecule has 2 rings (SSSR count). The predicted molar refractivity (Wildman–Crippen MR) is 101 cm³/mol. The van der Waals surface area contributed by atoms with Crippen LogP contribution in [0, 0.1) is 0 Å². The minimum atomic E-state index is -3.52. The fourth-order valence-electron chi connectivity index (χ4n) is 2.50. The quantitative estimate of drug-likeness (QED) is 0.649. The lowest BCUT2D eigenvalue weighted by molar-refractivity contribution is 0.267. The van der Waals surface area contributed by atoms with Crippen molar-refractivity contribution in [2.75, 3.05) is 40.9 Å². The molecule has 0 aromatic heterocycles. The second-order valence-electron chi connectivity index (χ2n) is 5.29. The molecule has 142 valence electrons. The van der Waals surface area contributed by atoms with E-state index >= 15 is 0 Å². The first-order chi connectivity index (χ1) is 12.5. The molecule has 0 saturated carbocycles. The van der Waals surface area contributed by atoms with Crippen LogP contribution < -0.4 is 19.5 Å². The molecule has 1 N–H and O–H groups in total. The summed E-state index contributed by atoms with van der Waals surface area (Å²) in [6.07, 6.45) is 0. The fraction of sp³-hybridized carbons (Fsp3) is 0.333. The zero-order valence-electron chi connectivity index (χ0n) is 15.5. The van der Waals surface area contributed by atoms with Gasteiger partial charge in [0, 0.05) is 31.5 Å². The Labute approximate surface area is 153 Å². The first-order valence-electron chi connectivity index (χ1n) is 7.85. The molecular formula is C18H24NO6P. The Hall–Kier alpha value is -2.21. The highest BCUT2D eigenvalue weighted by Gasteiger charge is 2.37. The first kappa shape index (κ1) is 20.1. The summed E-state index contributed by atoms with van der Waals surface area (Å²) in [5.74, 6) is 1.06. The molecule has 0 heterocycles. The number of methoxy groups -OCH3 is 3. The number of hydrogen-bond acceptors (Lipinski definition) is 7. The molecule has 0 fully saturated rings. The summed E-state index contributed by atoms with van der Waals surface area (Å²) in [5.41, 5.74) is 1.35. The summed E-state index contributed by atoms with van der Waals surface area (Å²) in [7, 11) is 3.87. The Morgan fingerprint density at radius 3 is 1.88 bits per heavy atom. The fourth-order valence-corrected chi connectivity index (χ4v) is 3.93. The maximum Gasteiger partial charge on any atom is 0.356 e. The van der Waals surface area contributed by atoms with Crippen molar-refractivity contribution < 1.29 is 27.8 Å². The summed E-state index contributed by atoms with van der Waals surface area (Å²) in [5, 5.41) is 3.21. The summed E-state index contributed by atoms with van der Waals surface area (Å²) in [6, 6.07) is 12.5. The Balaban J connectivity index is 2.49. The second kappa shape index (κ2) is 8.94. The molecule has 0 amide bonds. The molecule has 0 radical (unpaired) electrons. The maximum absolute atomic E-state index is 13.2. The van der Waals surface area contributed by atoms with E-state index in [2.05, 4.69) is 5.32 Å². The molecule has 0 bridgehead atoms. The zero-order valence-corrected chi connectivity index (χ0v) is 16.4. The molecule has 0 aliphatic carbocycles. The van der Waals surface area contributed by atoms with Gasteiger partial charge >= 0.3 is 7.60 Å². The summed E-state index contributed by atoms with van der Waals surface area (Å²) in [6.45, 7) is 0. The molecule has 0 saturated heterocycles. The van der Waals surface area contributed by atoms with Crippen LogP contribution in [0.4, 0.5) is 5.69 Å². The van der Waals surface area contributed by atoms with Crippen LogP contribution in [0.2, 0.25) is 0 Å². The highest BCUT2D eigenvalue weighted by atomic mass is 31.2. The van der Waals surface area contributed by atoms with Gasteiger partial charge in [-0.25, -0.2) is 0 Å². The lowest BCUT2D eigenvalue weighted by Crippen LogP contribution is -2.14. The van der Waals surface area contributed by atoms with Crippen molar-refractivity contribution in [3.8, 4) is 17.2 Å². The van der Waals surface area contributed by atoms with Crippen molar-refractivity contribution in [2.45, 2.75) is 5.78 Å². The van der Waals surface area contributed by atoms with Gasteiger partial charge in [-0.1, -0.05) is 0 Å². The summed E-state index contributed by atoms with van der Waals surface area (Å²) >= 11 is 0. The van der Waals surface area contributed by atoms with E-state index in [4.69, 9.17) is 23.3 Å². The van der Waals surface area contributed by atoms with Gasteiger partial charge in [0.2, 0.25) is 0 Å². The van der Waals surface area contributed by atoms with Gasteiger partial charge in [0.25, 0.3) is 0 Å². The molecule has 0 spiro atoms. The van der Waals surface area contributed by atoms with Crippen LogP contribution in [0.3, 0.4) is 0 Å². The van der Waals surface area contributed by atoms with E-state index in [1.807, 2.05) is 12.1 Å². The van der Waals surface area contributed by atoms with Crippen LogP contribution in [-0.4, -0.2) is 35.5 Å². The Kier molecular flexibility index (Phi) is 6.91. The third kappa shape index (κ3) is 4.30. The minimum absolute atomic E-state index is 0.504. The van der Waals surface area contributed by atoms with Crippen LogP contribution in [0.15, 0.2) is 42.5 Å². The van der Waals surface area contributed by atoms with Gasteiger partial charge in [-0.05, 0) is 36.4 Å². The van der Waals surface area contributed by atoms with Crippen molar-refractivity contribution in [3.05, 3.63) is 48.0 Å². The van der Waals surface area contributed by atoms with Crippen molar-refractivity contribution in [2.24, 2.45) is 0 Å². The molecule has 7 nitrogen and oxygen atoms in total. The first-order valence-corrected chi connectivity index (χ1v) is 9.46. The monoisotopic (exact) mass is 381 g/mol. The molecule has 2 aromatic rings. The molecule has 1 atom stereocenters. The molecular weight excluding hydrogens is 357 g/mol. The number of hydrogen-bond donors (Lipinski definition) is 1. The van der Waals surface area contributed by atoms with E-state index in [1.54, 1.807) is 44.6 Å². The van der Waals surface area contributed by atoms with Crippen LogP contribution in [0.5, 0.6) is 17.2 Å². The minimum Gasteiger partial charge on any atom is -0.497 e. The van der Waals surface area contributed by atoms with Gasteiger partial charge in [0.1, 0.15) is 17.2 Å². The van der Waals surface area contributed by atoms with Gasteiger partial charge in [-0.3, -0.25) is 4.57 Å². The van der Waals surface area contributed by atoms with Crippen LogP contribution in [0.25, 0.3) is 0 Å². The molecule has 1 unspecified atom stereocenters. The number of benzene rings is 2. The summed E-state index contributed by atoms with van der Waals surface area (Å²) < 4.78 is 39.5. The highest BCUT2D eigenvalue weighted by molar-refractivity contribution is 7.54. The van der Waals surface area contributed by atoms with E-state index in [0.29, 0.717) is 17.1 Å². The van der Waals surface area contributed by atoms with Crippen molar-refractivity contribution >= 4 is 13.3 Å². The lowest BCUT2D eigenvalue weighted by atomic mass is 10.1. The zero-order chi connectivity index (χ0) is 19.2. The van der Waals surface area contributed by atoms with Crippen molar-refractivity contribution in [3.63, 3.8) is 0 Å². The normalized spacial score (nSPS) is 12.3. The van der Waals surface area contributed by atoms with Gasteiger partial charge in [-0.15, -0.1) is 0 Å². The Morgan fingerprint density at radius 2 is 1.38 bits per heavy atom. The predicted octanol–water partition coefficient (Wildman–Crippen LogP) is 4.31. The number of rotatable bonds is 9. The Bertz CT molecular complexity index is 757. The maximum atomic E-state index is 13.2. The third-order valence-electron chi connectivity index (χ3n) is 3.95.